The number of para-hydroxylation sites is 1. The maximum Gasteiger partial charge on any atom is 0.573 e. The van der Waals surface area contributed by atoms with E-state index in [1.165, 1.54) is 36.6 Å². The first-order valence-corrected chi connectivity index (χ1v) is 9.32. The highest BCUT2D eigenvalue weighted by Crippen LogP contribution is 2.26. The van der Waals surface area contributed by atoms with Crippen LogP contribution in [0.25, 0.3) is 11.5 Å². The molecule has 172 valence electrons. The summed E-state index contributed by atoms with van der Waals surface area (Å²) in [5.41, 5.74) is 1.69. The molecule has 3 aromatic rings. The average molecular weight is 564 g/mol. The van der Waals surface area contributed by atoms with Gasteiger partial charge in [-0.3, -0.25) is 4.99 Å². The molecule has 0 unspecified atom stereocenters. The standard InChI is InChI=1S/C21H20F4N4O2.HI/c1-26-20(28-12-15-4-2-3-5-18(15)31-21(23,24)25)27-11-10-17-13-30-19(29-17)14-6-8-16(22)9-7-14;/h2-9,13H,10-12H2,1H3,(H2,26,27,28);1H. The van der Waals surface area contributed by atoms with Crippen molar-refractivity contribution in [1.29, 1.82) is 0 Å². The summed E-state index contributed by atoms with van der Waals surface area (Å²) < 4.78 is 60.1. The molecule has 0 fully saturated rings. The van der Waals surface area contributed by atoms with Gasteiger partial charge in [-0.25, -0.2) is 9.37 Å². The van der Waals surface area contributed by atoms with Gasteiger partial charge in [-0.15, -0.1) is 37.1 Å². The van der Waals surface area contributed by atoms with Crippen molar-refractivity contribution in [1.82, 2.24) is 15.6 Å². The van der Waals surface area contributed by atoms with Crippen molar-refractivity contribution in [2.45, 2.75) is 19.3 Å². The van der Waals surface area contributed by atoms with Crippen LogP contribution in [0.15, 0.2) is 64.2 Å². The molecule has 0 atom stereocenters. The number of aromatic nitrogens is 1. The van der Waals surface area contributed by atoms with Crippen LogP contribution in [-0.2, 0) is 13.0 Å². The van der Waals surface area contributed by atoms with Gasteiger partial charge in [0, 0.05) is 37.7 Å². The smallest absolute Gasteiger partial charge is 0.444 e. The van der Waals surface area contributed by atoms with E-state index < -0.39 is 6.36 Å². The molecule has 0 radical (unpaired) electrons. The molecule has 2 N–H and O–H groups in total. The van der Waals surface area contributed by atoms with E-state index in [1.54, 1.807) is 25.2 Å². The van der Waals surface area contributed by atoms with E-state index >= 15 is 0 Å². The Morgan fingerprint density at radius 2 is 1.81 bits per heavy atom. The topological polar surface area (TPSA) is 71.7 Å². The van der Waals surface area contributed by atoms with E-state index in [0.717, 1.165) is 0 Å². The number of nitrogens with one attached hydrogen (secondary N) is 2. The van der Waals surface area contributed by atoms with Crippen LogP contribution >= 0.6 is 24.0 Å². The first-order valence-electron chi connectivity index (χ1n) is 9.32. The maximum atomic E-state index is 13.0. The van der Waals surface area contributed by atoms with E-state index in [4.69, 9.17) is 4.42 Å². The van der Waals surface area contributed by atoms with Crippen molar-refractivity contribution >= 4 is 29.9 Å². The van der Waals surface area contributed by atoms with Gasteiger partial charge in [0.15, 0.2) is 5.96 Å². The molecular formula is C21H21F4IN4O2. The molecule has 0 aliphatic heterocycles. The lowest BCUT2D eigenvalue weighted by atomic mass is 10.2. The molecule has 0 saturated carbocycles. The largest absolute Gasteiger partial charge is 0.573 e. The number of halogens is 5. The molecule has 0 saturated heterocycles. The zero-order valence-corrected chi connectivity index (χ0v) is 19.3. The summed E-state index contributed by atoms with van der Waals surface area (Å²) in [5, 5.41) is 6.00. The summed E-state index contributed by atoms with van der Waals surface area (Å²) in [5.74, 6) is 0.183. The van der Waals surface area contributed by atoms with Crippen LogP contribution in [0.1, 0.15) is 11.3 Å². The number of nitrogens with zero attached hydrogens (tertiary/aromatic N) is 2. The molecule has 0 aliphatic rings. The van der Waals surface area contributed by atoms with E-state index in [-0.39, 0.29) is 42.1 Å². The lowest BCUT2D eigenvalue weighted by Crippen LogP contribution is -2.38. The number of hydrogen-bond donors (Lipinski definition) is 2. The molecular weight excluding hydrogens is 543 g/mol. The first kappa shape index (κ1) is 25.4. The van der Waals surface area contributed by atoms with E-state index in [9.17, 15) is 17.6 Å². The summed E-state index contributed by atoms with van der Waals surface area (Å²) in [6, 6.07) is 11.7. The Morgan fingerprint density at radius 1 is 1.09 bits per heavy atom. The quantitative estimate of drug-likeness (QED) is 0.185. The van der Waals surface area contributed by atoms with Gasteiger partial charge in [0.2, 0.25) is 5.89 Å². The molecule has 0 spiro atoms. The zero-order valence-electron chi connectivity index (χ0n) is 16.9. The molecule has 32 heavy (non-hydrogen) atoms. The number of guanidine groups is 1. The van der Waals surface area contributed by atoms with Gasteiger partial charge in [-0.1, -0.05) is 18.2 Å². The predicted molar refractivity (Wildman–Crippen MR) is 122 cm³/mol. The average Bonchev–Trinajstić information content (AvgIpc) is 3.20. The van der Waals surface area contributed by atoms with Crippen molar-refractivity contribution in [2.75, 3.05) is 13.6 Å². The minimum atomic E-state index is -4.76. The fourth-order valence-corrected chi connectivity index (χ4v) is 2.73. The molecule has 6 nitrogen and oxygen atoms in total. The summed E-state index contributed by atoms with van der Waals surface area (Å²) in [4.78, 5) is 8.41. The van der Waals surface area contributed by atoms with Crippen LogP contribution < -0.4 is 15.4 Å². The fourth-order valence-electron chi connectivity index (χ4n) is 2.73. The van der Waals surface area contributed by atoms with Crippen molar-refractivity contribution in [2.24, 2.45) is 4.99 Å². The number of rotatable bonds is 7. The van der Waals surface area contributed by atoms with Crippen LogP contribution in [0, 0.1) is 5.82 Å². The third kappa shape index (κ3) is 7.70. The van der Waals surface area contributed by atoms with E-state index in [2.05, 4.69) is 25.3 Å². The van der Waals surface area contributed by atoms with Crippen LogP contribution in [0.4, 0.5) is 17.6 Å². The van der Waals surface area contributed by atoms with Gasteiger partial charge in [0.25, 0.3) is 0 Å². The lowest BCUT2D eigenvalue weighted by Gasteiger charge is -2.15. The van der Waals surface area contributed by atoms with Crippen LogP contribution in [0.2, 0.25) is 0 Å². The molecule has 0 aliphatic carbocycles. The molecule has 3 rings (SSSR count). The van der Waals surface area contributed by atoms with E-state index in [0.29, 0.717) is 41.6 Å². The monoisotopic (exact) mass is 564 g/mol. The van der Waals surface area contributed by atoms with Crippen LogP contribution in [0.5, 0.6) is 5.75 Å². The Balaban J connectivity index is 0.00000363. The van der Waals surface area contributed by atoms with E-state index in [1.807, 2.05) is 0 Å². The van der Waals surface area contributed by atoms with Crippen LogP contribution in [-0.4, -0.2) is 30.9 Å². The van der Waals surface area contributed by atoms with Crippen molar-refractivity contribution in [3.05, 3.63) is 71.9 Å². The predicted octanol–water partition coefficient (Wildman–Crippen LogP) is 4.91. The highest BCUT2D eigenvalue weighted by atomic mass is 127. The minimum Gasteiger partial charge on any atom is -0.444 e. The maximum absolute atomic E-state index is 13.0. The fraction of sp³-hybridized carbons (Fsp3) is 0.238. The highest BCUT2D eigenvalue weighted by molar-refractivity contribution is 14.0. The molecule has 2 aromatic carbocycles. The Bertz CT molecular complexity index is 1020. The molecule has 0 amide bonds. The Hall–Kier alpha value is -2.83. The molecule has 11 heteroatoms. The summed E-state index contributed by atoms with van der Waals surface area (Å²) in [6.07, 6.45) is -2.74. The van der Waals surface area contributed by atoms with Gasteiger partial charge in [-0.2, -0.15) is 0 Å². The number of benzene rings is 2. The number of alkyl halides is 3. The lowest BCUT2D eigenvalue weighted by molar-refractivity contribution is -0.274. The van der Waals surface area contributed by atoms with Gasteiger partial charge < -0.3 is 19.8 Å². The van der Waals surface area contributed by atoms with Gasteiger partial charge in [0.1, 0.15) is 17.8 Å². The number of ether oxygens (including phenoxy) is 1. The number of oxazole rings is 1. The second kappa shape index (κ2) is 11.7. The minimum absolute atomic E-state index is 0. The SMILES string of the molecule is CN=C(NCCc1coc(-c2ccc(F)cc2)n1)NCc1ccccc1OC(F)(F)F.I. The zero-order chi connectivity index (χ0) is 22.3. The molecule has 1 heterocycles. The summed E-state index contributed by atoms with van der Waals surface area (Å²) in [7, 11) is 1.55. The van der Waals surface area contributed by atoms with Crippen molar-refractivity contribution < 1.29 is 26.7 Å². The van der Waals surface area contributed by atoms with Gasteiger partial charge in [0.05, 0.1) is 5.69 Å². The van der Waals surface area contributed by atoms with Gasteiger partial charge >= 0.3 is 6.36 Å². The van der Waals surface area contributed by atoms with Crippen molar-refractivity contribution in [3.8, 4) is 17.2 Å². The second-order valence-corrected chi connectivity index (χ2v) is 6.41. The molecule has 0 bridgehead atoms. The summed E-state index contributed by atoms with van der Waals surface area (Å²) in [6.45, 7) is 0.542. The number of hydrogen-bond acceptors (Lipinski definition) is 4. The Morgan fingerprint density at radius 3 is 2.50 bits per heavy atom. The Labute approximate surface area is 199 Å². The number of aliphatic imine (C=N–C) groups is 1. The molecule has 1 aromatic heterocycles. The third-order valence-corrected chi connectivity index (χ3v) is 4.18. The Kier molecular flexibility index (Phi) is 9.29. The third-order valence-electron chi connectivity index (χ3n) is 4.18. The van der Waals surface area contributed by atoms with Crippen LogP contribution in [0.3, 0.4) is 0 Å². The first-order chi connectivity index (χ1) is 14.8. The highest BCUT2D eigenvalue weighted by Gasteiger charge is 2.31. The van der Waals surface area contributed by atoms with Crippen molar-refractivity contribution in [3.63, 3.8) is 0 Å². The second-order valence-electron chi connectivity index (χ2n) is 6.41. The normalized spacial score (nSPS) is 11.6. The summed E-state index contributed by atoms with van der Waals surface area (Å²) >= 11 is 0. The van der Waals surface area contributed by atoms with Gasteiger partial charge in [-0.05, 0) is 30.3 Å².